The summed E-state index contributed by atoms with van der Waals surface area (Å²) in [5.41, 5.74) is 3.05. The molecule has 0 aliphatic carbocycles. The predicted molar refractivity (Wildman–Crippen MR) is 121 cm³/mol. The summed E-state index contributed by atoms with van der Waals surface area (Å²) in [6, 6.07) is 16.0. The summed E-state index contributed by atoms with van der Waals surface area (Å²) in [6.45, 7) is 9.44. The minimum atomic E-state index is -0.00736. The topological polar surface area (TPSA) is 69.0 Å². The van der Waals surface area contributed by atoms with Crippen LogP contribution in [0.15, 0.2) is 53.7 Å². The van der Waals surface area contributed by atoms with Crippen LogP contribution in [0.1, 0.15) is 26.3 Å². The van der Waals surface area contributed by atoms with E-state index in [4.69, 9.17) is 4.74 Å². The van der Waals surface area contributed by atoms with Gasteiger partial charge in [0.05, 0.1) is 12.4 Å². The first-order chi connectivity index (χ1) is 14.5. The lowest BCUT2D eigenvalue weighted by Crippen LogP contribution is -2.28. The van der Waals surface area contributed by atoms with Gasteiger partial charge in [-0.25, -0.2) is 0 Å². The molecule has 0 saturated heterocycles. The molecule has 0 atom stereocenters. The van der Waals surface area contributed by atoms with Crippen molar-refractivity contribution in [3.63, 3.8) is 0 Å². The first-order valence-electron chi connectivity index (χ1n) is 10.1. The van der Waals surface area contributed by atoms with E-state index in [9.17, 15) is 4.79 Å². The first-order valence-corrected chi connectivity index (χ1v) is 11.1. The Morgan fingerprint density at radius 1 is 1.17 bits per heavy atom. The van der Waals surface area contributed by atoms with Crippen LogP contribution >= 0.6 is 11.8 Å². The summed E-state index contributed by atoms with van der Waals surface area (Å²) >= 11 is 1.38. The number of amides is 1. The van der Waals surface area contributed by atoms with E-state index in [2.05, 4.69) is 48.4 Å². The van der Waals surface area contributed by atoms with Crippen LogP contribution in [-0.4, -0.2) is 39.6 Å². The molecule has 158 valence electrons. The average Bonchev–Trinajstić information content (AvgIpc) is 3.15. The van der Waals surface area contributed by atoms with Gasteiger partial charge >= 0.3 is 0 Å². The second-order valence-electron chi connectivity index (χ2n) is 7.42. The molecule has 1 N–H and O–H groups in total. The fourth-order valence-electron chi connectivity index (χ4n) is 2.92. The molecule has 3 rings (SSSR count). The van der Waals surface area contributed by atoms with Crippen LogP contribution in [-0.2, 0) is 4.79 Å². The van der Waals surface area contributed by atoms with E-state index in [0.717, 1.165) is 28.4 Å². The molecule has 0 unspecified atom stereocenters. The monoisotopic (exact) mass is 424 g/mol. The number of hydrogen-bond acceptors (Lipinski definition) is 5. The molecule has 0 aliphatic rings. The molecule has 0 radical (unpaired) electrons. The highest BCUT2D eigenvalue weighted by Gasteiger charge is 2.17. The van der Waals surface area contributed by atoms with Gasteiger partial charge in [0, 0.05) is 17.8 Å². The third-order valence-electron chi connectivity index (χ3n) is 4.36. The molecule has 6 nitrogen and oxygen atoms in total. The summed E-state index contributed by atoms with van der Waals surface area (Å²) in [5.74, 6) is 2.25. The van der Waals surface area contributed by atoms with Gasteiger partial charge in [-0.05, 0) is 50.1 Å². The van der Waals surface area contributed by atoms with E-state index < -0.39 is 0 Å². The number of aryl methyl sites for hydroxylation is 1. The highest BCUT2D eigenvalue weighted by Crippen LogP contribution is 2.29. The minimum absolute atomic E-state index is 0.00736. The van der Waals surface area contributed by atoms with Crippen LogP contribution in [0.5, 0.6) is 5.75 Å². The molecule has 0 fully saturated rings. The lowest BCUT2D eigenvalue weighted by Gasteiger charge is -2.12. The minimum Gasteiger partial charge on any atom is -0.494 e. The lowest BCUT2D eigenvalue weighted by molar-refractivity contribution is -0.118. The van der Waals surface area contributed by atoms with Gasteiger partial charge in [-0.2, -0.15) is 0 Å². The number of carbonyl (C=O) groups excluding carboxylic acids is 1. The molecule has 3 aromatic rings. The number of nitrogens with zero attached hydrogens (tertiary/aromatic N) is 3. The number of rotatable bonds is 9. The van der Waals surface area contributed by atoms with Gasteiger partial charge in [0.2, 0.25) is 5.91 Å². The summed E-state index contributed by atoms with van der Waals surface area (Å²) in [4.78, 5) is 12.2. The molecule has 2 aromatic carbocycles. The Bertz CT molecular complexity index is 983. The van der Waals surface area contributed by atoms with Gasteiger partial charge in [-0.1, -0.05) is 49.4 Å². The van der Waals surface area contributed by atoms with Crippen molar-refractivity contribution in [2.75, 3.05) is 18.9 Å². The molecule has 0 saturated carbocycles. The summed E-state index contributed by atoms with van der Waals surface area (Å²) in [7, 11) is 0. The van der Waals surface area contributed by atoms with Gasteiger partial charge in [0.15, 0.2) is 11.0 Å². The van der Waals surface area contributed by atoms with Gasteiger partial charge in [0.25, 0.3) is 0 Å². The van der Waals surface area contributed by atoms with Crippen LogP contribution in [0.3, 0.4) is 0 Å². The lowest BCUT2D eigenvalue weighted by atomic mass is 10.1. The smallest absolute Gasteiger partial charge is 0.230 e. The fraction of sp³-hybridized carbons (Fsp3) is 0.348. The van der Waals surface area contributed by atoms with Gasteiger partial charge < -0.3 is 10.1 Å². The maximum absolute atomic E-state index is 12.2. The molecular formula is C23H28N4O2S. The van der Waals surface area contributed by atoms with E-state index in [-0.39, 0.29) is 11.7 Å². The van der Waals surface area contributed by atoms with E-state index in [1.54, 1.807) is 0 Å². The van der Waals surface area contributed by atoms with Crippen molar-refractivity contribution in [3.8, 4) is 22.8 Å². The quantitative estimate of drug-likeness (QED) is 0.512. The summed E-state index contributed by atoms with van der Waals surface area (Å²) < 4.78 is 7.56. The van der Waals surface area contributed by atoms with Crippen LogP contribution in [0.4, 0.5) is 0 Å². The van der Waals surface area contributed by atoms with Gasteiger partial charge in [-0.15, -0.1) is 10.2 Å². The third kappa shape index (κ3) is 5.63. The zero-order valence-electron chi connectivity index (χ0n) is 17.9. The van der Waals surface area contributed by atoms with Crippen LogP contribution in [0.2, 0.25) is 0 Å². The number of benzene rings is 2. The maximum Gasteiger partial charge on any atom is 0.230 e. The van der Waals surface area contributed by atoms with E-state index in [1.165, 1.54) is 11.8 Å². The second-order valence-corrected chi connectivity index (χ2v) is 8.37. The Morgan fingerprint density at radius 3 is 2.60 bits per heavy atom. The molecule has 1 aromatic heterocycles. The largest absolute Gasteiger partial charge is 0.494 e. The SMILES string of the molecule is CCOc1ccc(-n2c(SCC(=O)NCC(C)C)nnc2-c2cccc(C)c2)cc1. The molecule has 7 heteroatoms. The van der Waals surface area contributed by atoms with Crippen molar-refractivity contribution in [2.24, 2.45) is 5.92 Å². The Morgan fingerprint density at radius 2 is 1.93 bits per heavy atom. The zero-order valence-corrected chi connectivity index (χ0v) is 18.7. The standard InChI is InChI=1S/C23H28N4O2S/c1-5-29-20-11-9-19(10-12-20)27-22(18-8-6-7-17(4)13-18)25-26-23(27)30-15-21(28)24-14-16(2)3/h6-13,16H,5,14-15H2,1-4H3,(H,24,28). The zero-order chi connectivity index (χ0) is 21.5. The summed E-state index contributed by atoms with van der Waals surface area (Å²) in [5, 5.41) is 12.5. The van der Waals surface area contributed by atoms with Crippen molar-refractivity contribution < 1.29 is 9.53 Å². The third-order valence-corrected chi connectivity index (χ3v) is 5.28. The summed E-state index contributed by atoms with van der Waals surface area (Å²) in [6.07, 6.45) is 0. The van der Waals surface area contributed by atoms with Gasteiger partial charge in [-0.3, -0.25) is 9.36 Å². The Hall–Kier alpha value is -2.80. The number of nitrogens with one attached hydrogen (secondary N) is 1. The number of thioether (sulfide) groups is 1. The fourth-order valence-corrected chi connectivity index (χ4v) is 3.71. The maximum atomic E-state index is 12.2. The highest BCUT2D eigenvalue weighted by molar-refractivity contribution is 7.99. The van der Waals surface area contributed by atoms with Crippen molar-refractivity contribution in [1.29, 1.82) is 0 Å². The number of aromatic nitrogens is 3. The molecule has 30 heavy (non-hydrogen) atoms. The highest BCUT2D eigenvalue weighted by atomic mass is 32.2. The molecule has 0 bridgehead atoms. The van der Waals surface area contributed by atoms with Crippen LogP contribution in [0.25, 0.3) is 17.1 Å². The van der Waals surface area contributed by atoms with Crippen molar-refractivity contribution in [2.45, 2.75) is 32.9 Å². The molecule has 1 amide bonds. The molecule has 1 heterocycles. The molecule has 0 aliphatic heterocycles. The Labute approximate surface area is 182 Å². The van der Waals surface area contributed by atoms with Gasteiger partial charge in [0.1, 0.15) is 5.75 Å². The normalized spacial score (nSPS) is 11.0. The van der Waals surface area contributed by atoms with Crippen molar-refractivity contribution in [3.05, 3.63) is 54.1 Å². The van der Waals surface area contributed by atoms with Crippen LogP contribution in [0, 0.1) is 12.8 Å². The average molecular weight is 425 g/mol. The number of ether oxygens (including phenoxy) is 1. The van der Waals surface area contributed by atoms with E-state index in [0.29, 0.717) is 24.2 Å². The predicted octanol–water partition coefficient (Wildman–Crippen LogP) is 4.51. The first kappa shape index (κ1) is 21.9. The van der Waals surface area contributed by atoms with E-state index in [1.807, 2.05) is 47.9 Å². The number of hydrogen-bond donors (Lipinski definition) is 1. The molecule has 0 spiro atoms. The Balaban J connectivity index is 1.91. The Kier molecular flexibility index (Phi) is 7.52. The van der Waals surface area contributed by atoms with Crippen molar-refractivity contribution >= 4 is 17.7 Å². The van der Waals surface area contributed by atoms with Crippen molar-refractivity contribution in [1.82, 2.24) is 20.1 Å². The van der Waals surface area contributed by atoms with E-state index >= 15 is 0 Å². The molecular weight excluding hydrogens is 396 g/mol. The second kappa shape index (κ2) is 10.3. The number of carbonyl (C=O) groups is 1. The van der Waals surface area contributed by atoms with Crippen LogP contribution < -0.4 is 10.1 Å².